The van der Waals surface area contributed by atoms with Gasteiger partial charge in [-0.15, -0.1) is 12.4 Å². The van der Waals surface area contributed by atoms with Gasteiger partial charge in [-0.2, -0.15) is 0 Å². The van der Waals surface area contributed by atoms with Gasteiger partial charge in [-0.3, -0.25) is 0 Å². The molecule has 2 aromatic rings. The molecular formula is C19H26Cl2N2O2. The first-order chi connectivity index (χ1) is 11.6. The quantitative estimate of drug-likeness (QED) is 0.494. The second-order valence-electron chi connectivity index (χ2n) is 6.12. The van der Waals surface area contributed by atoms with Crippen molar-refractivity contribution < 1.29 is 9.47 Å². The molecule has 0 fully saturated rings. The summed E-state index contributed by atoms with van der Waals surface area (Å²) in [5.74, 6) is 2.17. The molecule has 2 rings (SSSR count). The van der Waals surface area contributed by atoms with Crippen molar-refractivity contribution in [3.8, 4) is 11.5 Å². The fourth-order valence-corrected chi connectivity index (χ4v) is 2.33. The van der Waals surface area contributed by atoms with Crippen molar-refractivity contribution in [3.05, 3.63) is 52.8 Å². The number of hydrogen-bond donors (Lipinski definition) is 1. The maximum atomic E-state index is 5.84. The van der Waals surface area contributed by atoms with Crippen LogP contribution >= 0.6 is 24.0 Å². The summed E-state index contributed by atoms with van der Waals surface area (Å²) in [6.07, 6.45) is 2.88. The second-order valence-corrected chi connectivity index (χ2v) is 6.51. The zero-order chi connectivity index (χ0) is 17.4. The van der Waals surface area contributed by atoms with Gasteiger partial charge in [-0.1, -0.05) is 37.6 Å². The van der Waals surface area contributed by atoms with Gasteiger partial charge in [0, 0.05) is 18.3 Å². The molecule has 6 heteroatoms. The number of aromatic nitrogens is 1. The summed E-state index contributed by atoms with van der Waals surface area (Å²) in [4.78, 5) is 4.05. The molecule has 4 nitrogen and oxygen atoms in total. The summed E-state index contributed by atoms with van der Waals surface area (Å²) in [5, 5.41) is 3.93. The lowest BCUT2D eigenvalue weighted by Gasteiger charge is -2.13. The Morgan fingerprint density at radius 1 is 1.12 bits per heavy atom. The van der Waals surface area contributed by atoms with Crippen LogP contribution in [0.1, 0.15) is 31.4 Å². The van der Waals surface area contributed by atoms with Gasteiger partial charge in [0.05, 0.1) is 7.11 Å². The fourth-order valence-electron chi connectivity index (χ4n) is 2.22. The van der Waals surface area contributed by atoms with Crippen molar-refractivity contribution in [3.63, 3.8) is 0 Å². The van der Waals surface area contributed by atoms with Gasteiger partial charge in [0.1, 0.15) is 11.8 Å². The second kappa shape index (κ2) is 11.2. The Bertz CT molecular complexity index is 634. The van der Waals surface area contributed by atoms with Gasteiger partial charge in [0.25, 0.3) is 0 Å². The van der Waals surface area contributed by atoms with Crippen LogP contribution in [0.25, 0.3) is 0 Å². The summed E-state index contributed by atoms with van der Waals surface area (Å²) >= 11 is 5.79. The Morgan fingerprint density at radius 3 is 2.52 bits per heavy atom. The van der Waals surface area contributed by atoms with Gasteiger partial charge in [0.15, 0.2) is 11.5 Å². The van der Waals surface area contributed by atoms with E-state index in [1.807, 2.05) is 18.2 Å². The molecule has 0 saturated carbocycles. The van der Waals surface area contributed by atoms with E-state index in [9.17, 15) is 0 Å². The summed E-state index contributed by atoms with van der Waals surface area (Å²) in [6, 6.07) is 9.66. The number of rotatable bonds is 9. The fraction of sp³-hybridized carbons (Fsp3) is 0.421. The first kappa shape index (κ1) is 21.6. The minimum absolute atomic E-state index is 0. The third-order valence-corrected chi connectivity index (χ3v) is 3.86. The van der Waals surface area contributed by atoms with Crippen LogP contribution < -0.4 is 14.8 Å². The van der Waals surface area contributed by atoms with Crippen molar-refractivity contribution in [2.45, 2.75) is 33.4 Å². The molecular weight excluding hydrogens is 359 g/mol. The average Bonchev–Trinajstić information content (AvgIpc) is 2.58. The van der Waals surface area contributed by atoms with E-state index in [-0.39, 0.29) is 12.4 Å². The lowest BCUT2D eigenvalue weighted by atomic mass is 10.1. The van der Waals surface area contributed by atoms with Crippen LogP contribution in [0.2, 0.25) is 5.15 Å². The van der Waals surface area contributed by atoms with Crippen LogP contribution in [-0.2, 0) is 13.2 Å². The van der Waals surface area contributed by atoms with Gasteiger partial charge in [-0.05, 0) is 42.6 Å². The number of pyridine rings is 1. The molecule has 0 atom stereocenters. The van der Waals surface area contributed by atoms with E-state index in [2.05, 4.69) is 30.2 Å². The lowest BCUT2D eigenvalue weighted by molar-refractivity contribution is 0.284. The molecule has 0 aliphatic rings. The third-order valence-electron chi connectivity index (χ3n) is 3.64. The maximum Gasteiger partial charge on any atom is 0.161 e. The van der Waals surface area contributed by atoms with Gasteiger partial charge >= 0.3 is 0 Å². The topological polar surface area (TPSA) is 43.4 Å². The molecule has 1 aromatic heterocycles. The lowest BCUT2D eigenvalue weighted by Crippen LogP contribution is -2.16. The van der Waals surface area contributed by atoms with Crippen LogP contribution in [0, 0.1) is 5.92 Å². The predicted molar refractivity (Wildman–Crippen MR) is 105 cm³/mol. The van der Waals surface area contributed by atoms with E-state index in [4.69, 9.17) is 21.1 Å². The van der Waals surface area contributed by atoms with Crippen LogP contribution in [0.5, 0.6) is 11.5 Å². The molecule has 1 N–H and O–H groups in total. The van der Waals surface area contributed by atoms with E-state index >= 15 is 0 Å². The van der Waals surface area contributed by atoms with E-state index < -0.39 is 0 Å². The molecule has 1 heterocycles. The molecule has 0 radical (unpaired) electrons. The Balaban J connectivity index is 0.00000312. The van der Waals surface area contributed by atoms with Gasteiger partial charge < -0.3 is 14.8 Å². The molecule has 0 amide bonds. The molecule has 0 saturated heterocycles. The molecule has 1 aromatic carbocycles. The molecule has 25 heavy (non-hydrogen) atoms. The van der Waals surface area contributed by atoms with Crippen molar-refractivity contribution in [2.24, 2.45) is 5.92 Å². The molecule has 138 valence electrons. The Labute approximate surface area is 161 Å². The first-order valence-electron chi connectivity index (χ1n) is 8.19. The zero-order valence-corrected chi connectivity index (χ0v) is 16.5. The van der Waals surface area contributed by atoms with Crippen molar-refractivity contribution in [2.75, 3.05) is 13.7 Å². The normalized spacial score (nSPS) is 10.4. The Kier molecular flexibility index (Phi) is 9.65. The molecule has 0 aliphatic heterocycles. The first-order valence-corrected chi connectivity index (χ1v) is 8.57. The highest BCUT2D eigenvalue weighted by molar-refractivity contribution is 6.29. The number of ether oxygens (including phenoxy) is 2. The summed E-state index contributed by atoms with van der Waals surface area (Å²) in [7, 11) is 1.65. The highest BCUT2D eigenvalue weighted by atomic mass is 35.5. The third kappa shape index (κ3) is 7.51. The van der Waals surface area contributed by atoms with Gasteiger partial charge in [0.2, 0.25) is 0 Å². The van der Waals surface area contributed by atoms with E-state index in [1.165, 1.54) is 12.0 Å². The molecule has 0 aliphatic carbocycles. The summed E-state index contributed by atoms with van der Waals surface area (Å²) < 4.78 is 11.3. The average molecular weight is 385 g/mol. The Hall–Kier alpha value is -1.49. The number of nitrogens with one attached hydrogen (secondary N) is 1. The minimum atomic E-state index is 0. The van der Waals surface area contributed by atoms with Crippen molar-refractivity contribution in [1.82, 2.24) is 10.3 Å². The van der Waals surface area contributed by atoms with Crippen LogP contribution in [0.4, 0.5) is 0 Å². The van der Waals surface area contributed by atoms with Crippen LogP contribution in [-0.4, -0.2) is 18.6 Å². The number of nitrogens with zero attached hydrogens (tertiary/aromatic N) is 1. The van der Waals surface area contributed by atoms with Crippen LogP contribution in [0.15, 0.2) is 36.5 Å². The standard InChI is InChI=1S/C19H25ClN2O2.ClH/c1-14(2)8-9-21-11-15-4-6-17(18(10-15)23-3)24-13-16-5-7-19(20)22-12-16;/h4-7,10,12,14,21H,8-9,11,13H2,1-3H3;1H. The highest BCUT2D eigenvalue weighted by Gasteiger charge is 2.07. The zero-order valence-electron chi connectivity index (χ0n) is 14.9. The Morgan fingerprint density at radius 2 is 1.88 bits per heavy atom. The predicted octanol–water partition coefficient (Wildman–Crippen LogP) is 4.88. The van der Waals surface area contributed by atoms with Gasteiger partial charge in [-0.25, -0.2) is 4.98 Å². The maximum absolute atomic E-state index is 5.84. The number of halogens is 2. The monoisotopic (exact) mass is 384 g/mol. The number of methoxy groups -OCH3 is 1. The SMILES string of the molecule is COc1cc(CNCCC(C)C)ccc1OCc1ccc(Cl)nc1.Cl. The molecule has 0 spiro atoms. The molecule has 0 bridgehead atoms. The van der Waals surface area contributed by atoms with Crippen LogP contribution in [0.3, 0.4) is 0 Å². The highest BCUT2D eigenvalue weighted by Crippen LogP contribution is 2.28. The largest absolute Gasteiger partial charge is 0.493 e. The number of hydrogen-bond acceptors (Lipinski definition) is 4. The summed E-state index contributed by atoms with van der Waals surface area (Å²) in [5.41, 5.74) is 2.14. The van der Waals surface area contributed by atoms with E-state index in [1.54, 1.807) is 19.4 Å². The van der Waals surface area contributed by atoms with E-state index in [0.717, 1.165) is 30.2 Å². The minimum Gasteiger partial charge on any atom is -0.493 e. The molecule has 0 unspecified atom stereocenters. The van der Waals surface area contributed by atoms with E-state index in [0.29, 0.717) is 17.7 Å². The summed E-state index contributed by atoms with van der Waals surface area (Å²) in [6.45, 7) is 6.72. The smallest absolute Gasteiger partial charge is 0.161 e. The van der Waals surface area contributed by atoms with Crippen molar-refractivity contribution >= 4 is 24.0 Å². The van der Waals surface area contributed by atoms with Crippen molar-refractivity contribution in [1.29, 1.82) is 0 Å². The number of benzene rings is 1.